The fourth-order valence-electron chi connectivity index (χ4n) is 4.31. The third-order valence-electron chi connectivity index (χ3n) is 6.64. The summed E-state index contributed by atoms with van der Waals surface area (Å²) in [6.45, 7) is 4.36. The summed E-state index contributed by atoms with van der Waals surface area (Å²) in [5, 5.41) is 6.17. The minimum atomic E-state index is -3.78. The lowest BCUT2D eigenvalue weighted by atomic mass is 10.2. The number of rotatable bonds is 10. The fraction of sp³-hybridized carbons (Fsp3) is 0.156. The van der Waals surface area contributed by atoms with Gasteiger partial charge in [-0.1, -0.05) is 54.7 Å². The van der Waals surface area contributed by atoms with E-state index in [0.717, 1.165) is 26.9 Å². The van der Waals surface area contributed by atoms with E-state index in [0.29, 0.717) is 17.4 Å². The number of methoxy groups -OCH3 is 1. The number of ether oxygens (including phenoxy) is 1. The number of anilines is 1. The van der Waals surface area contributed by atoms with Crippen molar-refractivity contribution in [3.63, 3.8) is 0 Å². The van der Waals surface area contributed by atoms with Crippen molar-refractivity contribution in [1.29, 1.82) is 0 Å². The third kappa shape index (κ3) is 6.41. The first kappa shape index (κ1) is 29.1. The average molecular weight is 599 g/mol. The van der Waals surface area contributed by atoms with Crippen LogP contribution in [-0.4, -0.2) is 43.5 Å². The number of sulfonamides is 1. The van der Waals surface area contributed by atoms with Gasteiger partial charge in [0.25, 0.3) is 5.91 Å². The van der Waals surface area contributed by atoms with Gasteiger partial charge in [-0.25, -0.2) is 13.4 Å². The molecular formula is C32H30N4O4S2. The molecule has 0 aliphatic heterocycles. The highest BCUT2D eigenvalue weighted by Gasteiger charge is 2.25. The summed E-state index contributed by atoms with van der Waals surface area (Å²) in [5.41, 5.74) is 3.79. The molecule has 5 rings (SSSR count). The van der Waals surface area contributed by atoms with Gasteiger partial charge in [0, 0.05) is 18.7 Å². The maximum absolute atomic E-state index is 13.8. The van der Waals surface area contributed by atoms with Crippen molar-refractivity contribution < 1.29 is 17.9 Å². The van der Waals surface area contributed by atoms with Gasteiger partial charge < -0.3 is 4.74 Å². The Bertz CT molecular complexity index is 1820. The van der Waals surface area contributed by atoms with Crippen LogP contribution in [0.15, 0.2) is 107 Å². The molecule has 0 aliphatic carbocycles. The van der Waals surface area contributed by atoms with E-state index in [1.54, 1.807) is 20.2 Å². The Kier molecular flexibility index (Phi) is 8.77. The Labute approximate surface area is 249 Å². The number of amides is 1. The van der Waals surface area contributed by atoms with Gasteiger partial charge in [-0.15, -0.1) is 0 Å². The van der Waals surface area contributed by atoms with Crippen molar-refractivity contribution in [2.75, 3.05) is 18.7 Å². The Morgan fingerprint density at radius 3 is 2.36 bits per heavy atom. The van der Waals surface area contributed by atoms with Gasteiger partial charge in [0.15, 0.2) is 0 Å². The van der Waals surface area contributed by atoms with Crippen molar-refractivity contribution >= 4 is 48.8 Å². The van der Waals surface area contributed by atoms with Crippen LogP contribution >= 0.6 is 11.3 Å². The molecule has 214 valence electrons. The highest BCUT2D eigenvalue weighted by atomic mass is 32.2. The van der Waals surface area contributed by atoms with Crippen LogP contribution in [0.1, 0.15) is 34.0 Å². The number of hydrogen-bond acceptors (Lipinski definition) is 7. The monoisotopic (exact) mass is 598 g/mol. The number of carbonyl (C=O) groups is 1. The number of thiazole rings is 1. The van der Waals surface area contributed by atoms with Gasteiger partial charge in [0.1, 0.15) is 5.75 Å². The number of fused-ring (bicyclic) bond motifs is 1. The lowest BCUT2D eigenvalue weighted by Gasteiger charge is -2.21. The molecule has 5 aromatic rings. The fourth-order valence-corrected chi connectivity index (χ4v) is 6.77. The molecule has 0 bridgehead atoms. The van der Waals surface area contributed by atoms with Gasteiger partial charge in [-0.2, -0.15) is 14.4 Å². The summed E-state index contributed by atoms with van der Waals surface area (Å²) in [6, 6.07) is 28.6. The van der Waals surface area contributed by atoms with Crippen molar-refractivity contribution in [2.45, 2.75) is 25.3 Å². The first-order valence-electron chi connectivity index (χ1n) is 13.3. The summed E-state index contributed by atoms with van der Waals surface area (Å²) in [7, 11) is -2.18. The number of hydrazone groups is 1. The molecule has 0 aliphatic rings. The lowest BCUT2D eigenvalue weighted by molar-refractivity contribution is 0.0987. The summed E-state index contributed by atoms with van der Waals surface area (Å²) in [4.78, 5) is 18.6. The second-order valence-corrected chi connectivity index (χ2v) is 12.5. The molecule has 0 N–H and O–H groups in total. The maximum atomic E-state index is 13.8. The molecule has 0 spiro atoms. The number of hydrogen-bond donors (Lipinski definition) is 0. The van der Waals surface area contributed by atoms with Crippen LogP contribution in [0.2, 0.25) is 0 Å². The minimum Gasteiger partial charge on any atom is -0.497 e. The minimum absolute atomic E-state index is 0.112. The third-order valence-corrected chi connectivity index (χ3v) is 9.57. The van der Waals surface area contributed by atoms with Gasteiger partial charge in [-0.05, 0) is 84.3 Å². The van der Waals surface area contributed by atoms with Crippen LogP contribution in [0, 0.1) is 6.92 Å². The highest BCUT2D eigenvalue weighted by Crippen LogP contribution is 2.31. The zero-order valence-electron chi connectivity index (χ0n) is 23.5. The zero-order valence-corrected chi connectivity index (χ0v) is 25.1. The van der Waals surface area contributed by atoms with Gasteiger partial charge in [-0.3, -0.25) is 4.79 Å². The standard InChI is InChI=1S/C32H30N4O4S2/c1-4-35(22-25-8-6-5-7-9-25)42(38,39)28-17-13-26(14-18-28)31(37)36(33-21-24-11-15-27(40-3)16-12-24)32-34-29-19-10-23(2)20-30(29)41-32/h5-21H,4,22H2,1-3H3/b33-21+. The molecule has 1 amide bonds. The van der Waals surface area contributed by atoms with E-state index in [2.05, 4.69) is 10.1 Å². The zero-order chi connectivity index (χ0) is 29.7. The maximum Gasteiger partial charge on any atom is 0.280 e. The molecule has 10 heteroatoms. The van der Waals surface area contributed by atoms with Crippen LogP contribution in [-0.2, 0) is 16.6 Å². The van der Waals surface area contributed by atoms with Crippen molar-refractivity contribution in [1.82, 2.24) is 9.29 Å². The van der Waals surface area contributed by atoms with Crippen LogP contribution < -0.4 is 9.75 Å². The van der Waals surface area contributed by atoms with Crippen LogP contribution in [0.4, 0.5) is 5.13 Å². The second kappa shape index (κ2) is 12.6. The SMILES string of the molecule is CCN(Cc1ccccc1)S(=O)(=O)c1ccc(C(=O)N(/N=C/c2ccc(OC)cc2)c2nc3ccc(C)cc3s2)cc1. The van der Waals surface area contributed by atoms with E-state index in [9.17, 15) is 13.2 Å². The molecule has 4 aromatic carbocycles. The molecule has 0 radical (unpaired) electrons. The summed E-state index contributed by atoms with van der Waals surface area (Å²) >= 11 is 1.36. The number of benzene rings is 4. The lowest BCUT2D eigenvalue weighted by Crippen LogP contribution is -2.30. The number of aromatic nitrogens is 1. The first-order valence-corrected chi connectivity index (χ1v) is 15.6. The van der Waals surface area contributed by atoms with Gasteiger partial charge >= 0.3 is 0 Å². The van der Waals surface area contributed by atoms with E-state index in [1.165, 1.54) is 44.9 Å². The Morgan fingerprint density at radius 2 is 1.69 bits per heavy atom. The van der Waals surface area contributed by atoms with E-state index in [-0.39, 0.29) is 17.0 Å². The molecule has 0 saturated heterocycles. The molecule has 1 heterocycles. The Hall–Kier alpha value is -4.38. The topological polar surface area (TPSA) is 92.2 Å². The summed E-state index contributed by atoms with van der Waals surface area (Å²) < 4.78 is 34.4. The molecular weight excluding hydrogens is 569 g/mol. The largest absolute Gasteiger partial charge is 0.497 e. The van der Waals surface area contributed by atoms with Crippen LogP contribution in [0.3, 0.4) is 0 Å². The van der Waals surface area contributed by atoms with Crippen molar-refractivity contribution in [2.24, 2.45) is 5.10 Å². The number of aryl methyl sites for hydroxylation is 1. The molecule has 42 heavy (non-hydrogen) atoms. The molecule has 1 aromatic heterocycles. The average Bonchev–Trinajstić information content (AvgIpc) is 3.43. The van der Waals surface area contributed by atoms with E-state index in [4.69, 9.17) is 4.74 Å². The molecule has 0 fully saturated rings. The number of carbonyl (C=O) groups excluding carboxylic acids is 1. The summed E-state index contributed by atoms with van der Waals surface area (Å²) in [5.74, 6) is 0.276. The predicted molar refractivity (Wildman–Crippen MR) is 168 cm³/mol. The van der Waals surface area contributed by atoms with E-state index in [1.807, 2.05) is 79.7 Å². The normalized spacial score (nSPS) is 11.8. The Morgan fingerprint density at radius 1 is 0.976 bits per heavy atom. The van der Waals surface area contributed by atoms with E-state index < -0.39 is 15.9 Å². The van der Waals surface area contributed by atoms with Crippen LogP contribution in [0.5, 0.6) is 5.75 Å². The quantitative estimate of drug-likeness (QED) is 0.135. The predicted octanol–water partition coefficient (Wildman–Crippen LogP) is 6.51. The smallest absolute Gasteiger partial charge is 0.280 e. The van der Waals surface area contributed by atoms with Gasteiger partial charge in [0.05, 0.1) is 28.4 Å². The molecule has 0 atom stereocenters. The molecule has 8 nitrogen and oxygen atoms in total. The highest BCUT2D eigenvalue weighted by molar-refractivity contribution is 7.89. The second-order valence-electron chi connectivity index (χ2n) is 9.54. The van der Waals surface area contributed by atoms with Crippen molar-refractivity contribution in [3.05, 3.63) is 119 Å². The van der Waals surface area contributed by atoms with Crippen molar-refractivity contribution in [3.8, 4) is 5.75 Å². The first-order chi connectivity index (χ1) is 20.3. The van der Waals surface area contributed by atoms with Crippen LogP contribution in [0.25, 0.3) is 10.2 Å². The number of nitrogens with zero attached hydrogens (tertiary/aromatic N) is 4. The Balaban J connectivity index is 1.45. The van der Waals surface area contributed by atoms with E-state index >= 15 is 0 Å². The van der Waals surface area contributed by atoms with Gasteiger partial charge in [0.2, 0.25) is 15.2 Å². The molecule has 0 saturated carbocycles. The molecule has 0 unspecified atom stereocenters. The summed E-state index contributed by atoms with van der Waals surface area (Å²) in [6.07, 6.45) is 1.58.